The van der Waals surface area contributed by atoms with Crippen molar-refractivity contribution in [3.63, 3.8) is 0 Å². The maximum atomic E-state index is 11.4. The monoisotopic (exact) mass is 331 g/mol. The maximum Gasteiger partial charge on any atom is 0.321 e. The molecule has 5 heteroatoms. The predicted octanol–water partition coefficient (Wildman–Crippen LogP) is 2.81. The average Bonchev–Trinajstić information content (AvgIpc) is 2.95. The Labute approximate surface area is 142 Å². The first-order valence-corrected chi connectivity index (χ1v) is 8.40. The van der Waals surface area contributed by atoms with Gasteiger partial charge in [0.05, 0.1) is 6.42 Å². The highest BCUT2D eigenvalue weighted by atomic mass is 16.4. The standard InChI is InChI=1S/C19H25NO4/c1-3-4-5-13-6-8-14(9-7-13)12(2)16-11-20-18(19(23)24)15(16)10-17(21)22/h6-9,15-16,18,20H,2-5,10-11H2,1H3,(H,21,22)(H,23,24)/t15-,16+,18-/m0/s1. The first kappa shape index (κ1) is 18.2. The molecule has 1 saturated heterocycles. The van der Waals surface area contributed by atoms with Crippen LogP contribution in [0.3, 0.4) is 0 Å². The van der Waals surface area contributed by atoms with Crippen LogP contribution in [0.2, 0.25) is 0 Å². The maximum absolute atomic E-state index is 11.4. The summed E-state index contributed by atoms with van der Waals surface area (Å²) in [5, 5.41) is 21.3. The molecule has 5 nitrogen and oxygen atoms in total. The van der Waals surface area contributed by atoms with Gasteiger partial charge in [0.25, 0.3) is 0 Å². The molecule has 0 amide bonds. The van der Waals surface area contributed by atoms with E-state index in [4.69, 9.17) is 5.11 Å². The molecular weight excluding hydrogens is 306 g/mol. The summed E-state index contributed by atoms with van der Waals surface area (Å²) in [6.45, 7) is 6.72. The van der Waals surface area contributed by atoms with Crippen molar-refractivity contribution < 1.29 is 19.8 Å². The predicted molar refractivity (Wildman–Crippen MR) is 92.7 cm³/mol. The van der Waals surface area contributed by atoms with Gasteiger partial charge in [-0.05, 0) is 29.5 Å². The van der Waals surface area contributed by atoms with Crippen LogP contribution in [0.25, 0.3) is 5.57 Å². The summed E-state index contributed by atoms with van der Waals surface area (Å²) >= 11 is 0. The Kier molecular flexibility index (Phi) is 6.15. The Hall–Kier alpha value is -2.14. The van der Waals surface area contributed by atoms with Crippen molar-refractivity contribution >= 4 is 17.5 Å². The van der Waals surface area contributed by atoms with Crippen LogP contribution in [0.15, 0.2) is 30.8 Å². The first-order valence-electron chi connectivity index (χ1n) is 8.40. The lowest BCUT2D eigenvalue weighted by atomic mass is 9.80. The molecule has 1 heterocycles. The van der Waals surface area contributed by atoms with Crippen molar-refractivity contribution in [2.75, 3.05) is 6.54 Å². The second-order valence-electron chi connectivity index (χ2n) is 6.42. The van der Waals surface area contributed by atoms with Gasteiger partial charge in [0.15, 0.2) is 0 Å². The molecule has 0 spiro atoms. The summed E-state index contributed by atoms with van der Waals surface area (Å²) in [6, 6.07) is 7.30. The Morgan fingerprint density at radius 1 is 1.25 bits per heavy atom. The molecule has 2 rings (SSSR count). The van der Waals surface area contributed by atoms with Crippen LogP contribution in [-0.2, 0) is 16.0 Å². The lowest BCUT2D eigenvalue weighted by Crippen LogP contribution is -2.36. The van der Waals surface area contributed by atoms with Gasteiger partial charge < -0.3 is 15.5 Å². The van der Waals surface area contributed by atoms with E-state index in [0.717, 1.165) is 30.4 Å². The highest BCUT2D eigenvalue weighted by Crippen LogP contribution is 2.36. The number of benzene rings is 1. The summed E-state index contributed by atoms with van der Waals surface area (Å²) in [5.41, 5.74) is 3.02. The summed E-state index contributed by atoms with van der Waals surface area (Å²) in [7, 11) is 0. The zero-order valence-electron chi connectivity index (χ0n) is 14.0. The molecule has 1 fully saturated rings. The molecule has 24 heavy (non-hydrogen) atoms. The number of rotatable bonds is 8. The number of carboxylic acids is 2. The fraction of sp³-hybridized carbons (Fsp3) is 0.474. The van der Waals surface area contributed by atoms with Crippen molar-refractivity contribution in [1.29, 1.82) is 0 Å². The van der Waals surface area contributed by atoms with Crippen molar-refractivity contribution in [2.24, 2.45) is 11.8 Å². The van der Waals surface area contributed by atoms with E-state index in [2.05, 4.69) is 31.0 Å². The third kappa shape index (κ3) is 4.23. The normalized spacial score (nSPS) is 23.1. The zero-order chi connectivity index (χ0) is 17.7. The van der Waals surface area contributed by atoms with E-state index in [1.807, 2.05) is 12.1 Å². The number of hydrogen-bond acceptors (Lipinski definition) is 3. The molecule has 1 aromatic rings. The molecule has 0 saturated carbocycles. The largest absolute Gasteiger partial charge is 0.481 e. The van der Waals surface area contributed by atoms with Gasteiger partial charge in [0.2, 0.25) is 0 Å². The fourth-order valence-electron chi connectivity index (χ4n) is 3.38. The number of aryl methyl sites for hydroxylation is 1. The van der Waals surface area contributed by atoms with Crippen molar-refractivity contribution in [3.8, 4) is 0 Å². The van der Waals surface area contributed by atoms with Crippen LogP contribution < -0.4 is 5.32 Å². The van der Waals surface area contributed by atoms with Gasteiger partial charge >= 0.3 is 11.9 Å². The van der Waals surface area contributed by atoms with Crippen LogP contribution >= 0.6 is 0 Å². The smallest absolute Gasteiger partial charge is 0.321 e. The number of aliphatic carboxylic acids is 2. The molecule has 0 aliphatic carbocycles. The molecule has 3 N–H and O–H groups in total. The van der Waals surface area contributed by atoms with E-state index >= 15 is 0 Å². The topological polar surface area (TPSA) is 86.6 Å². The molecule has 1 aliphatic heterocycles. The summed E-state index contributed by atoms with van der Waals surface area (Å²) in [6.07, 6.45) is 3.16. The molecular formula is C19H25NO4. The molecule has 1 aliphatic rings. The zero-order valence-corrected chi connectivity index (χ0v) is 14.0. The summed E-state index contributed by atoms with van der Waals surface area (Å²) < 4.78 is 0. The van der Waals surface area contributed by atoms with E-state index in [-0.39, 0.29) is 12.3 Å². The second-order valence-corrected chi connectivity index (χ2v) is 6.42. The van der Waals surface area contributed by atoms with E-state index in [1.54, 1.807) is 0 Å². The fourth-order valence-corrected chi connectivity index (χ4v) is 3.38. The molecule has 0 radical (unpaired) electrons. The van der Waals surface area contributed by atoms with Gasteiger partial charge in [-0.2, -0.15) is 0 Å². The molecule has 0 unspecified atom stereocenters. The molecule has 0 bridgehead atoms. The Morgan fingerprint density at radius 3 is 2.46 bits per heavy atom. The lowest BCUT2D eigenvalue weighted by Gasteiger charge is -2.22. The van der Waals surface area contributed by atoms with Crippen LogP contribution in [0.4, 0.5) is 0 Å². The van der Waals surface area contributed by atoms with E-state index in [0.29, 0.717) is 6.54 Å². The number of carboxylic acid groups (broad SMARTS) is 2. The average molecular weight is 331 g/mol. The van der Waals surface area contributed by atoms with Crippen LogP contribution in [0, 0.1) is 11.8 Å². The van der Waals surface area contributed by atoms with Crippen LogP contribution in [0.5, 0.6) is 0 Å². The quantitative estimate of drug-likeness (QED) is 0.682. The summed E-state index contributed by atoms with van der Waals surface area (Å²) in [4.78, 5) is 22.5. The third-order valence-electron chi connectivity index (χ3n) is 4.77. The molecule has 130 valence electrons. The second kappa shape index (κ2) is 8.11. The Morgan fingerprint density at radius 2 is 1.92 bits per heavy atom. The van der Waals surface area contributed by atoms with Gasteiger partial charge in [-0.1, -0.05) is 44.2 Å². The first-order chi connectivity index (χ1) is 11.4. The Balaban J connectivity index is 2.14. The van der Waals surface area contributed by atoms with Crippen LogP contribution in [0.1, 0.15) is 37.3 Å². The third-order valence-corrected chi connectivity index (χ3v) is 4.77. The van der Waals surface area contributed by atoms with Gasteiger partial charge in [0, 0.05) is 18.4 Å². The van der Waals surface area contributed by atoms with Crippen LogP contribution in [-0.4, -0.2) is 34.7 Å². The number of carbonyl (C=O) groups is 2. The minimum atomic E-state index is -1.01. The number of hydrogen-bond donors (Lipinski definition) is 3. The van der Waals surface area contributed by atoms with Gasteiger partial charge in [0.1, 0.15) is 6.04 Å². The SMILES string of the molecule is C=C(c1ccc(CCCC)cc1)[C@H]1CN[C@H](C(=O)O)[C@H]1CC(=O)O. The van der Waals surface area contributed by atoms with E-state index in [9.17, 15) is 14.7 Å². The van der Waals surface area contributed by atoms with E-state index in [1.165, 1.54) is 5.56 Å². The minimum absolute atomic E-state index is 0.178. The lowest BCUT2D eigenvalue weighted by molar-refractivity contribution is -0.142. The van der Waals surface area contributed by atoms with E-state index < -0.39 is 23.9 Å². The van der Waals surface area contributed by atoms with Crippen molar-refractivity contribution in [3.05, 3.63) is 42.0 Å². The molecule has 3 atom stereocenters. The highest BCUT2D eigenvalue weighted by molar-refractivity contribution is 5.78. The minimum Gasteiger partial charge on any atom is -0.481 e. The molecule has 1 aromatic carbocycles. The highest BCUT2D eigenvalue weighted by Gasteiger charge is 2.42. The number of unbranched alkanes of at least 4 members (excludes halogenated alkanes) is 1. The van der Waals surface area contributed by atoms with Gasteiger partial charge in [-0.15, -0.1) is 0 Å². The van der Waals surface area contributed by atoms with Gasteiger partial charge in [-0.25, -0.2) is 0 Å². The summed E-state index contributed by atoms with van der Waals surface area (Å²) in [5.74, 6) is -2.68. The van der Waals surface area contributed by atoms with Crippen molar-refractivity contribution in [1.82, 2.24) is 5.32 Å². The number of nitrogens with one attached hydrogen (secondary N) is 1. The Bertz CT molecular complexity index is 608. The van der Waals surface area contributed by atoms with Crippen molar-refractivity contribution in [2.45, 2.75) is 38.6 Å². The van der Waals surface area contributed by atoms with Gasteiger partial charge in [-0.3, -0.25) is 9.59 Å². The molecule has 0 aromatic heterocycles.